The lowest BCUT2D eigenvalue weighted by atomic mass is 10.1. The van der Waals surface area contributed by atoms with Gasteiger partial charge in [0.05, 0.1) is 34.7 Å². The number of halogens is 2. The van der Waals surface area contributed by atoms with Crippen LogP contribution in [0, 0.1) is 5.82 Å². The predicted molar refractivity (Wildman–Crippen MR) is 91.7 cm³/mol. The molecule has 0 atom stereocenters. The Morgan fingerprint density at radius 3 is 2.36 bits per heavy atom. The van der Waals surface area contributed by atoms with Crippen molar-refractivity contribution < 1.29 is 23.5 Å². The second-order valence-electron chi connectivity index (χ2n) is 5.09. The zero-order valence-corrected chi connectivity index (χ0v) is 14.5. The number of ether oxygens (including phenoxy) is 1. The maximum atomic E-state index is 14.4. The van der Waals surface area contributed by atoms with Crippen molar-refractivity contribution in [3.05, 3.63) is 58.4 Å². The summed E-state index contributed by atoms with van der Waals surface area (Å²) in [5, 5.41) is 0.0757. The number of nitrogens with zero attached hydrogens (tertiary/aromatic N) is 1. The number of methoxy groups -OCH3 is 1. The van der Waals surface area contributed by atoms with E-state index in [1.165, 1.54) is 25.3 Å². The first-order chi connectivity index (χ1) is 11.9. The Morgan fingerprint density at radius 2 is 1.80 bits per heavy atom. The lowest BCUT2D eigenvalue weighted by molar-refractivity contribution is -0.137. The monoisotopic (exact) mass is 379 g/mol. The van der Waals surface area contributed by atoms with E-state index >= 15 is 0 Å². The van der Waals surface area contributed by atoms with Gasteiger partial charge in [0.1, 0.15) is 5.82 Å². The molecule has 0 aromatic heterocycles. The Bertz CT molecular complexity index is 867. The summed E-state index contributed by atoms with van der Waals surface area (Å²) in [5.41, 5.74) is 0.221. The van der Waals surface area contributed by atoms with Crippen LogP contribution in [-0.4, -0.2) is 30.6 Å². The minimum atomic E-state index is -0.804. The van der Waals surface area contributed by atoms with Crippen LogP contribution in [0.1, 0.15) is 20.7 Å². The Balaban J connectivity index is 1.99. The molecule has 0 saturated heterocycles. The van der Waals surface area contributed by atoms with E-state index < -0.39 is 23.6 Å². The summed E-state index contributed by atoms with van der Waals surface area (Å²) in [5.74, 6) is -2.53. The molecular weight excluding hydrogens is 369 g/mol. The molecule has 1 heterocycles. The average Bonchev–Trinajstić information content (AvgIpc) is 2.86. The fourth-order valence-electron chi connectivity index (χ4n) is 2.40. The summed E-state index contributed by atoms with van der Waals surface area (Å²) in [4.78, 5) is 37.4. The van der Waals surface area contributed by atoms with Gasteiger partial charge in [-0.1, -0.05) is 23.7 Å². The Labute approximate surface area is 151 Å². The van der Waals surface area contributed by atoms with Crippen molar-refractivity contribution in [3.63, 3.8) is 0 Å². The Hall–Kier alpha value is -2.38. The van der Waals surface area contributed by atoms with Crippen LogP contribution < -0.4 is 4.90 Å². The summed E-state index contributed by atoms with van der Waals surface area (Å²) < 4.78 is 18.9. The van der Waals surface area contributed by atoms with Gasteiger partial charge in [0.25, 0.3) is 11.8 Å². The molecule has 0 bridgehead atoms. The van der Waals surface area contributed by atoms with E-state index in [9.17, 15) is 18.8 Å². The summed E-state index contributed by atoms with van der Waals surface area (Å²) >= 11 is 7.02. The highest BCUT2D eigenvalue weighted by Crippen LogP contribution is 2.36. The van der Waals surface area contributed by atoms with E-state index in [0.29, 0.717) is 4.90 Å². The fraction of sp³-hybridized carbons (Fsp3) is 0.118. The second kappa shape index (κ2) is 6.85. The molecule has 1 aliphatic rings. The number of carbonyl (C=O) groups is 3. The molecule has 2 amide bonds. The number of anilines is 1. The van der Waals surface area contributed by atoms with Crippen molar-refractivity contribution in [2.45, 2.75) is 4.90 Å². The minimum Gasteiger partial charge on any atom is -0.468 e. The number of carbonyl (C=O) groups excluding carboxylic acids is 3. The number of hydrogen-bond acceptors (Lipinski definition) is 5. The van der Waals surface area contributed by atoms with Crippen molar-refractivity contribution in [3.8, 4) is 0 Å². The van der Waals surface area contributed by atoms with Gasteiger partial charge in [0.2, 0.25) is 0 Å². The molecule has 128 valence electrons. The summed E-state index contributed by atoms with van der Waals surface area (Å²) in [7, 11) is 1.25. The normalized spacial score (nSPS) is 13.2. The molecule has 5 nitrogen and oxygen atoms in total. The molecule has 0 N–H and O–H groups in total. The number of hydrogen-bond donors (Lipinski definition) is 0. The van der Waals surface area contributed by atoms with E-state index in [0.717, 1.165) is 22.7 Å². The number of rotatable bonds is 4. The van der Waals surface area contributed by atoms with Crippen molar-refractivity contribution in [2.24, 2.45) is 0 Å². The number of esters is 1. The van der Waals surface area contributed by atoms with Gasteiger partial charge in [-0.3, -0.25) is 14.4 Å². The van der Waals surface area contributed by atoms with Crippen LogP contribution >= 0.6 is 23.4 Å². The molecule has 2 aromatic rings. The van der Waals surface area contributed by atoms with Crippen LogP contribution in [0.2, 0.25) is 5.02 Å². The zero-order valence-electron chi connectivity index (χ0n) is 12.9. The number of benzene rings is 2. The van der Waals surface area contributed by atoms with Gasteiger partial charge in [-0.05, 0) is 24.3 Å². The molecule has 0 unspecified atom stereocenters. The molecule has 1 aliphatic heterocycles. The first kappa shape index (κ1) is 17.4. The molecule has 8 heteroatoms. The second-order valence-corrected chi connectivity index (χ2v) is 6.51. The summed E-state index contributed by atoms with van der Waals surface area (Å²) in [6.45, 7) is 0. The maximum Gasteiger partial charge on any atom is 0.315 e. The van der Waals surface area contributed by atoms with Gasteiger partial charge in [-0.25, -0.2) is 9.29 Å². The van der Waals surface area contributed by atoms with Crippen LogP contribution in [0.4, 0.5) is 10.1 Å². The Kier molecular flexibility index (Phi) is 4.78. The minimum absolute atomic E-state index is 0.0383. The standard InChI is InChI=1S/C17H11ClFNO4S/c1-24-15(21)8-25-14-7-13(12(19)6-11(14)18)20-16(22)9-4-2-3-5-10(9)17(20)23/h2-7H,8H2,1H3. The van der Waals surface area contributed by atoms with Crippen molar-refractivity contribution in [1.29, 1.82) is 0 Å². The highest BCUT2D eigenvalue weighted by molar-refractivity contribution is 8.00. The molecule has 25 heavy (non-hydrogen) atoms. The van der Waals surface area contributed by atoms with Crippen LogP contribution in [0.25, 0.3) is 0 Å². The van der Waals surface area contributed by atoms with E-state index in [4.69, 9.17) is 11.6 Å². The van der Waals surface area contributed by atoms with Crippen molar-refractivity contribution >= 4 is 46.8 Å². The Morgan fingerprint density at radius 1 is 1.20 bits per heavy atom. The van der Waals surface area contributed by atoms with Crippen LogP contribution in [0.15, 0.2) is 41.3 Å². The SMILES string of the molecule is COC(=O)CSc1cc(N2C(=O)c3ccccc3C2=O)c(F)cc1Cl. The third-order valence-corrected chi connectivity index (χ3v) is 5.06. The van der Waals surface area contributed by atoms with E-state index in [-0.39, 0.29) is 27.6 Å². The van der Waals surface area contributed by atoms with Gasteiger partial charge in [0.15, 0.2) is 0 Å². The molecule has 0 saturated carbocycles. The quantitative estimate of drug-likeness (QED) is 0.462. The predicted octanol–water partition coefficient (Wildman–Crippen LogP) is 3.54. The van der Waals surface area contributed by atoms with Crippen molar-refractivity contribution in [1.82, 2.24) is 0 Å². The van der Waals surface area contributed by atoms with Gasteiger partial charge in [-0.2, -0.15) is 0 Å². The largest absolute Gasteiger partial charge is 0.468 e. The third-order valence-electron chi connectivity index (χ3n) is 3.61. The van der Waals surface area contributed by atoms with E-state index in [1.807, 2.05) is 0 Å². The average molecular weight is 380 g/mol. The van der Waals surface area contributed by atoms with E-state index in [2.05, 4.69) is 4.74 Å². The molecular formula is C17H11ClFNO4S. The number of amides is 2. The third kappa shape index (κ3) is 3.12. The zero-order chi connectivity index (χ0) is 18.1. The topological polar surface area (TPSA) is 63.7 Å². The highest BCUT2D eigenvalue weighted by Gasteiger charge is 2.38. The molecule has 2 aromatic carbocycles. The van der Waals surface area contributed by atoms with Gasteiger partial charge >= 0.3 is 5.97 Å². The first-order valence-corrected chi connectivity index (χ1v) is 8.47. The molecule has 0 aliphatic carbocycles. The lowest BCUT2D eigenvalue weighted by Gasteiger charge is -2.16. The molecule has 3 rings (SSSR count). The van der Waals surface area contributed by atoms with Gasteiger partial charge in [0, 0.05) is 4.90 Å². The summed E-state index contributed by atoms with van der Waals surface area (Å²) in [6.07, 6.45) is 0. The summed E-state index contributed by atoms with van der Waals surface area (Å²) in [6, 6.07) is 8.58. The molecule has 0 fully saturated rings. The first-order valence-electron chi connectivity index (χ1n) is 7.10. The number of fused-ring (bicyclic) bond motifs is 1. The fourth-order valence-corrected chi connectivity index (χ4v) is 3.50. The smallest absolute Gasteiger partial charge is 0.315 e. The molecule has 0 radical (unpaired) electrons. The van der Waals surface area contributed by atoms with Crippen molar-refractivity contribution in [2.75, 3.05) is 17.8 Å². The van der Waals surface area contributed by atoms with Gasteiger partial charge < -0.3 is 4.74 Å². The number of thioether (sulfide) groups is 1. The van der Waals surface area contributed by atoms with Gasteiger partial charge in [-0.15, -0.1) is 11.8 Å². The molecule has 0 spiro atoms. The van der Waals surface area contributed by atoms with Crippen LogP contribution in [0.5, 0.6) is 0 Å². The number of imide groups is 1. The lowest BCUT2D eigenvalue weighted by Crippen LogP contribution is -2.30. The van der Waals surface area contributed by atoms with E-state index in [1.54, 1.807) is 12.1 Å². The highest BCUT2D eigenvalue weighted by atomic mass is 35.5. The van der Waals surface area contributed by atoms with Crippen LogP contribution in [0.3, 0.4) is 0 Å². The maximum absolute atomic E-state index is 14.4. The van der Waals surface area contributed by atoms with Crippen LogP contribution in [-0.2, 0) is 9.53 Å².